The van der Waals surface area contributed by atoms with Crippen LogP contribution in [0.25, 0.3) is 16.8 Å². The van der Waals surface area contributed by atoms with Crippen LogP contribution in [-0.2, 0) is 10.8 Å². The lowest BCUT2D eigenvalue weighted by atomic mass is 9.59. The third-order valence-electron chi connectivity index (χ3n) is 6.13. The minimum Gasteiger partial charge on any atom is -0.236 e. The van der Waals surface area contributed by atoms with E-state index in [0.717, 1.165) is 0 Å². The van der Waals surface area contributed by atoms with Gasteiger partial charge in [-0.1, -0.05) is 76.2 Å². The van der Waals surface area contributed by atoms with Crippen LogP contribution in [0.5, 0.6) is 0 Å². The molecular formula is C22H24N2. The monoisotopic (exact) mass is 316 g/mol. The smallest absolute Gasteiger partial charge is 0.0716 e. The van der Waals surface area contributed by atoms with Crippen molar-refractivity contribution in [2.24, 2.45) is 0 Å². The number of fused-ring (bicyclic) bond motifs is 3. The van der Waals surface area contributed by atoms with Crippen LogP contribution < -0.4 is 0 Å². The first-order valence-electron chi connectivity index (χ1n) is 8.60. The van der Waals surface area contributed by atoms with E-state index in [-0.39, 0.29) is 10.8 Å². The molecule has 0 saturated heterocycles. The second-order valence-electron chi connectivity index (χ2n) is 7.91. The summed E-state index contributed by atoms with van der Waals surface area (Å²) in [5.41, 5.74) is 7.67. The van der Waals surface area contributed by atoms with Gasteiger partial charge in [0.25, 0.3) is 0 Å². The Morgan fingerprint density at radius 2 is 1.54 bits per heavy atom. The van der Waals surface area contributed by atoms with Crippen molar-refractivity contribution in [2.75, 3.05) is 0 Å². The summed E-state index contributed by atoms with van der Waals surface area (Å²) in [6.45, 7) is 11.6. The van der Waals surface area contributed by atoms with Gasteiger partial charge in [0.15, 0.2) is 0 Å². The van der Waals surface area contributed by atoms with Gasteiger partial charge >= 0.3 is 0 Å². The third-order valence-corrected chi connectivity index (χ3v) is 6.13. The Labute approximate surface area is 144 Å². The van der Waals surface area contributed by atoms with Crippen LogP contribution in [0, 0.1) is 6.92 Å². The van der Waals surface area contributed by atoms with Gasteiger partial charge in [-0.05, 0) is 23.6 Å². The summed E-state index contributed by atoms with van der Waals surface area (Å²) in [5, 5.41) is 4.81. The summed E-state index contributed by atoms with van der Waals surface area (Å²) in [7, 11) is 0. The van der Waals surface area contributed by atoms with Gasteiger partial charge in [0.2, 0.25) is 0 Å². The molecule has 4 rings (SSSR count). The van der Waals surface area contributed by atoms with Crippen LogP contribution in [0.15, 0.2) is 54.7 Å². The van der Waals surface area contributed by atoms with Gasteiger partial charge in [-0.15, -0.1) is 0 Å². The molecule has 1 aliphatic rings. The second kappa shape index (κ2) is 4.83. The van der Waals surface area contributed by atoms with E-state index < -0.39 is 0 Å². The fraction of sp³-hybridized carbons (Fsp3) is 0.318. The Balaban J connectivity index is 2.10. The van der Waals surface area contributed by atoms with Gasteiger partial charge in [0.1, 0.15) is 0 Å². The summed E-state index contributed by atoms with van der Waals surface area (Å²) in [5.74, 6) is 0. The average molecular weight is 316 g/mol. The summed E-state index contributed by atoms with van der Waals surface area (Å²) in [4.78, 5) is 0. The highest BCUT2D eigenvalue weighted by molar-refractivity contribution is 5.71. The number of para-hydroxylation sites is 1. The second-order valence-corrected chi connectivity index (χ2v) is 7.91. The molecule has 0 aliphatic carbocycles. The highest BCUT2D eigenvalue weighted by Gasteiger charge is 2.48. The van der Waals surface area contributed by atoms with E-state index in [1.54, 1.807) is 0 Å². The molecule has 122 valence electrons. The molecule has 3 aromatic rings. The van der Waals surface area contributed by atoms with Crippen LogP contribution in [0.3, 0.4) is 0 Å². The number of aromatic nitrogens is 2. The molecule has 24 heavy (non-hydrogen) atoms. The van der Waals surface area contributed by atoms with E-state index in [0.29, 0.717) is 0 Å². The number of nitrogens with zero attached hydrogens (tertiary/aromatic N) is 2. The van der Waals surface area contributed by atoms with Crippen molar-refractivity contribution in [3.05, 3.63) is 71.5 Å². The fourth-order valence-electron chi connectivity index (χ4n) is 4.03. The number of hydrogen-bond acceptors (Lipinski definition) is 1. The number of aryl methyl sites for hydroxylation is 1. The van der Waals surface area contributed by atoms with Crippen molar-refractivity contribution < 1.29 is 0 Å². The minimum absolute atomic E-state index is 0.0217. The standard InChI is InChI=1S/C22H24N2/c1-15-10-9-13-18-19(15)24-20(22(4,5)21(18,2)3)17(14-23-24)16-11-7-6-8-12-16/h6-14H,1-5H3. The van der Waals surface area contributed by atoms with E-state index in [1.165, 1.54) is 33.6 Å². The van der Waals surface area contributed by atoms with E-state index in [9.17, 15) is 0 Å². The van der Waals surface area contributed by atoms with Gasteiger partial charge in [0.05, 0.1) is 17.6 Å². The van der Waals surface area contributed by atoms with Crippen molar-refractivity contribution in [3.8, 4) is 16.8 Å². The normalized spacial score (nSPS) is 17.2. The van der Waals surface area contributed by atoms with E-state index >= 15 is 0 Å². The van der Waals surface area contributed by atoms with Gasteiger partial charge < -0.3 is 0 Å². The number of benzene rings is 2. The van der Waals surface area contributed by atoms with Crippen LogP contribution >= 0.6 is 0 Å². The Hall–Kier alpha value is -2.35. The molecule has 0 unspecified atom stereocenters. The first-order valence-corrected chi connectivity index (χ1v) is 8.60. The van der Waals surface area contributed by atoms with Gasteiger partial charge in [-0.25, -0.2) is 4.68 Å². The van der Waals surface area contributed by atoms with Crippen molar-refractivity contribution in [3.63, 3.8) is 0 Å². The van der Waals surface area contributed by atoms with Crippen molar-refractivity contribution in [2.45, 2.75) is 45.4 Å². The quantitative estimate of drug-likeness (QED) is 0.586. The zero-order valence-corrected chi connectivity index (χ0v) is 15.1. The fourth-order valence-corrected chi connectivity index (χ4v) is 4.03. The van der Waals surface area contributed by atoms with Crippen LogP contribution in [0.1, 0.15) is 44.5 Å². The number of hydrogen-bond donors (Lipinski definition) is 0. The van der Waals surface area contributed by atoms with Crippen LogP contribution in [0.4, 0.5) is 0 Å². The minimum atomic E-state index is -0.0323. The maximum Gasteiger partial charge on any atom is 0.0716 e. The molecule has 0 spiro atoms. The van der Waals surface area contributed by atoms with Gasteiger partial charge in [-0.3, -0.25) is 0 Å². The largest absolute Gasteiger partial charge is 0.236 e. The van der Waals surface area contributed by atoms with E-state index in [2.05, 4.69) is 87.8 Å². The highest BCUT2D eigenvalue weighted by Crippen LogP contribution is 2.52. The summed E-state index contributed by atoms with van der Waals surface area (Å²) >= 11 is 0. The van der Waals surface area contributed by atoms with Crippen molar-refractivity contribution >= 4 is 0 Å². The number of rotatable bonds is 1. The lowest BCUT2D eigenvalue weighted by molar-refractivity contribution is 0.276. The van der Waals surface area contributed by atoms with Crippen molar-refractivity contribution in [1.29, 1.82) is 0 Å². The molecule has 0 atom stereocenters. The first kappa shape index (κ1) is 15.2. The third kappa shape index (κ3) is 1.80. The highest BCUT2D eigenvalue weighted by atomic mass is 15.3. The summed E-state index contributed by atoms with van der Waals surface area (Å²) < 4.78 is 2.18. The molecule has 1 aromatic heterocycles. The molecule has 2 aromatic carbocycles. The Morgan fingerprint density at radius 3 is 2.25 bits per heavy atom. The van der Waals surface area contributed by atoms with Gasteiger partial charge in [-0.2, -0.15) is 5.10 Å². The molecule has 0 bridgehead atoms. The lowest BCUT2D eigenvalue weighted by Gasteiger charge is -2.47. The van der Waals surface area contributed by atoms with Crippen molar-refractivity contribution in [1.82, 2.24) is 9.78 Å². The summed E-state index contributed by atoms with van der Waals surface area (Å²) in [6.07, 6.45) is 2.03. The average Bonchev–Trinajstić information content (AvgIpc) is 3.00. The SMILES string of the molecule is Cc1cccc2c1-n1ncc(-c3ccccc3)c1C(C)(C)C2(C)C. The maximum atomic E-state index is 4.81. The molecular weight excluding hydrogens is 292 g/mol. The van der Waals surface area contributed by atoms with E-state index in [1.807, 2.05) is 6.20 Å². The predicted molar refractivity (Wildman–Crippen MR) is 99.8 cm³/mol. The Kier molecular flexibility index (Phi) is 3.05. The van der Waals surface area contributed by atoms with E-state index in [4.69, 9.17) is 5.10 Å². The van der Waals surface area contributed by atoms with Crippen LogP contribution in [-0.4, -0.2) is 9.78 Å². The summed E-state index contributed by atoms with van der Waals surface area (Å²) in [6, 6.07) is 17.2. The molecule has 0 amide bonds. The molecule has 2 nitrogen and oxygen atoms in total. The molecule has 2 heterocycles. The molecule has 0 N–H and O–H groups in total. The molecule has 2 heteroatoms. The Bertz CT molecular complexity index is 914. The lowest BCUT2D eigenvalue weighted by Crippen LogP contribution is -2.46. The predicted octanol–water partition coefficient (Wildman–Crippen LogP) is 5.42. The topological polar surface area (TPSA) is 17.8 Å². The van der Waals surface area contributed by atoms with Crippen LogP contribution in [0.2, 0.25) is 0 Å². The first-order chi connectivity index (χ1) is 11.4. The molecule has 0 saturated carbocycles. The molecule has 0 radical (unpaired) electrons. The zero-order valence-electron chi connectivity index (χ0n) is 15.1. The Morgan fingerprint density at radius 1 is 0.833 bits per heavy atom. The molecule has 1 aliphatic heterocycles. The zero-order chi connectivity index (χ0) is 17.1. The molecule has 0 fully saturated rings. The van der Waals surface area contributed by atoms with Gasteiger partial charge in [0, 0.05) is 16.4 Å². The maximum absolute atomic E-state index is 4.81.